The zero-order chi connectivity index (χ0) is 14.0. The number of rotatable bonds is 4. The lowest BCUT2D eigenvalue weighted by Gasteiger charge is -2.42. The molecule has 3 atom stereocenters. The Kier molecular flexibility index (Phi) is 4.26. The summed E-state index contributed by atoms with van der Waals surface area (Å²) < 4.78 is 0. The third-order valence-corrected chi connectivity index (χ3v) is 5.30. The Bertz CT molecular complexity index is 430. The first kappa shape index (κ1) is 14.5. The summed E-state index contributed by atoms with van der Waals surface area (Å²) in [6.45, 7) is 4.13. The average Bonchev–Trinajstić information content (AvgIpc) is 2.82. The fourth-order valence-corrected chi connectivity index (χ4v) is 4.16. The summed E-state index contributed by atoms with van der Waals surface area (Å²) in [5.74, 6) is -0.603. The molecule has 0 amide bonds. The second-order valence-corrected chi connectivity index (χ2v) is 7.01. The molecular weight excluding hydrogens is 262 g/mol. The van der Waals surface area contributed by atoms with E-state index < -0.39 is 5.97 Å². The van der Waals surface area contributed by atoms with Crippen LogP contribution in [0.25, 0.3) is 0 Å². The molecule has 1 saturated carbocycles. The number of hydrogen-bond acceptors (Lipinski definition) is 4. The zero-order valence-corrected chi connectivity index (χ0v) is 12.2. The van der Waals surface area contributed by atoms with Gasteiger partial charge in [-0.15, -0.1) is 11.3 Å². The normalized spacial score (nSPS) is 27.9. The Morgan fingerprint density at radius 1 is 1.58 bits per heavy atom. The van der Waals surface area contributed by atoms with Crippen LogP contribution in [-0.2, 0) is 4.79 Å². The van der Waals surface area contributed by atoms with Crippen LogP contribution in [0.3, 0.4) is 0 Å². The molecule has 2 N–H and O–H groups in total. The van der Waals surface area contributed by atoms with E-state index in [1.165, 1.54) is 0 Å². The maximum atomic E-state index is 11.3. The molecule has 0 radical (unpaired) electrons. The molecule has 1 aromatic rings. The number of carbonyl (C=O) groups is 1. The summed E-state index contributed by atoms with van der Waals surface area (Å²) in [5.41, 5.74) is -0.223. The van der Waals surface area contributed by atoms with Crippen molar-refractivity contribution < 1.29 is 15.0 Å². The second kappa shape index (κ2) is 5.59. The number of nitrogens with zero attached hydrogens (tertiary/aromatic N) is 1. The SMILES string of the molecule is CC1(C)CC(C(CO)c2nccs2)CCC1C(=O)O. The van der Waals surface area contributed by atoms with E-state index in [4.69, 9.17) is 0 Å². The quantitative estimate of drug-likeness (QED) is 0.891. The predicted octanol–water partition coefficient (Wildman–Crippen LogP) is 2.75. The maximum absolute atomic E-state index is 11.3. The van der Waals surface area contributed by atoms with Crippen molar-refractivity contribution >= 4 is 17.3 Å². The zero-order valence-electron chi connectivity index (χ0n) is 11.4. The topological polar surface area (TPSA) is 70.4 Å². The van der Waals surface area contributed by atoms with Gasteiger partial charge in [0, 0.05) is 17.5 Å². The molecule has 3 unspecified atom stereocenters. The third kappa shape index (κ3) is 2.98. The van der Waals surface area contributed by atoms with Crippen molar-refractivity contribution in [3.63, 3.8) is 0 Å². The number of aliphatic carboxylic acids is 1. The highest BCUT2D eigenvalue weighted by Crippen LogP contribution is 2.48. The number of hydrogen-bond donors (Lipinski definition) is 2. The van der Waals surface area contributed by atoms with E-state index in [2.05, 4.69) is 4.98 Å². The first-order valence-corrected chi connectivity index (χ1v) is 7.56. The lowest BCUT2D eigenvalue weighted by atomic mass is 9.62. The van der Waals surface area contributed by atoms with Gasteiger partial charge >= 0.3 is 5.97 Å². The summed E-state index contributed by atoms with van der Waals surface area (Å²) in [4.78, 5) is 15.6. The molecule has 1 fully saturated rings. The summed E-state index contributed by atoms with van der Waals surface area (Å²) in [7, 11) is 0. The van der Waals surface area contributed by atoms with Crippen LogP contribution in [0.5, 0.6) is 0 Å². The van der Waals surface area contributed by atoms with Crippen LogP contribution in [0.4, 0.5) is 0 Å². The molecule has 0 saturated heterocycles. The van der Waals surface area contributed by atoms with Gasteiger partial charge in [0.25, 0.3) is 0 Å². The number of aliphatic hydroxyl groups excluding tert-OH is 1. The van der Waals surface area contributed by atoms with E-state index in [1.54, 1.807) is 17.5 Å². The monoisotopic (exact) mass is 283 g/mol. The van der Waals surface area contributed by atoms with Crippen LogP contribution < -0.4 is 0 Å². The Morgan fingerprint density at radius 3 is 2.79 bits per heavy atom. The fourth-order valence-electron chi connectivity index (χ4n) is 3.34. The van der Waals surface area contributed by atoms with Crippen LogP contribution in [0.15, 0.2) is 11.6 Å². The molecule has 1 heterocycles. The van der Waals surface area contributed by atoms with Gasteiger partial charge in [-0.05, 0) is 30.6 Å². The average molecular weight is 283 g/mol. The van der Waals surface area contributed by atoms with Crippen LogP contribution >= 0.6 is 11.3 Å². The van der Waals surface area contributed by atoms with E-state index in [1.807, 2.05) is 19.2 Å². The minimum absolute atomic E-state index is 0.0500. The van der Waals surface area contributed by atoms with Crippen LogP contribution in [-0.4, -0.2) is 27.8 Å². The Labute approximate surface area is 117 Å². The second-order valence-electron chi connectivity index (χ2n) is 6.08. The van der Waals surface area contributed by atoms with Gasteiger partial charge < -0.3 is 10.2 Å². The Balaban J connectivity index is 2.13. The maximum Gasteiger partial charge on any atom is 0.307 e. The summed E-state index contributed by atoms with van der Waals surface area (Å²) in [6.07, 6.45) is 4.13. The molecule has 4 nitrogen and oxygen atoms in total. The largest absolute Gasteiger partial charge is 0.481 e. The van der Waals surface area contributed by atoms with Crippen molar-refractivity contribution in [3.8, 4) is 0 Å². The molecule has 1 aliphatic carbocycles. The van der Waals surface area contributed by atoms with Gasteiger partial charge in [-0.25, -0.2) is 4.98 Å². The van der Waals surface area contributed by atoms with Crippen molar-refractivity contribution in [3.05, 3.63) is 16.6 Å². The molecule has 0 aliphatic heterocycles. The van der Waals surface area contributed by atoms with Gasteiger partial charge in [0.15, 0.2) is 0 Å². The van der Waals surface area contributed by atoms with Crippen molar-refractivity contribution in [2.24, 2.45) is 17.3 Å². The molecule has 2 rings (SSSR count). The standard InChI is InChI=1S/C14H21NO3S/c1-14(2)7-9(3-4-11(14)13(17)18)10(8-16)12-15-5-6-19-12/h5-6,9-11,16H,3-4,7-8H2,1-2H3,(H,17,18). The van der Waals surface area contributed by atoms with Gasteiger partial charge in [-0.1, -0.05) is 13.8 Å². The summed E-state index contributed by atoms with van der Waals surface area (Å²) in [6, 6.07) is 0. The van der Waals surface area contributed by atoms with Gasteiger partial charge in [0.05, 0.1) is 17.5 Å². The highest BCUT2D eigenvalue weighted by Gasteiger charge is 2.43. The molecule has 0 bridgehead atoms. The molecule has 106 valence electrons. The lowest BCUT2D eigenvalue weighted by Crippen LogP contribution is -2.39. The van der Waals surface area contributed by atoms with Crippen LogP contribution in [0.2, 0.25) is 0 Å². The van der Waals surface area contributed by atoms with E-state index in [0.29, 0.717) is 12.3 Å². The van der Waals surface area contributed by atoms with Crippen LogP contribution in [0, 0.1) is 17.3 Å². The summed E-state index contributed by atoms with van der Waals surface area (Å²) >= 11 is 1.57. The van der Waals surface area contributed by atoms with Gasteiger partial charge in [-0.3, -0.25) is 4.79 Å². The van der Waals surface area contributed by atoms with Gasteiger partial charge in [-0.2, -0.15) is 0 Å². The number of carboxylic acids is 1. The highest BCUT2D eigenvalue weighted by atomic mass is 32.1. The molecule has 0 spiro atoms. The van der Waals surface area contributed by atoms with Crippen molar-refractivity contribution in [2.45, 2.75) is 39.0 Å². The van der Waals surface area contributed by atoms with E-state index in [0.717, 1.165) is 17.8 Å². The minimum Gasteiger partial charge on any atom is -0.481 e. The Hall–Kier alpha value is -0.940. The molecular formula is C14H21NO3S. The first-order chi connectivity index (χ1) is 8.95. The lowest BCUT2D eigenvalue weighted by molar-refractivity contribution is -0.148. The van der Waals surface area contributed by atoms with Gasteiger partial charge in [0.1, 0.15) is 0 Å². The molecule has 0 aromatic carbocycles. The van der Waals surface area contributed by atoms with Crippen molar-refractivity contribution in [1.82, 2.24) is 4.98 Å². The predicted molar refractivity (Wildman–Crippen MR) is 74.2 cm³/mol. The fraction of sp³-hybridized carbons (Fsp3) is 0.714. The first-order valence-electron chi connectivity index (χ1n) is 6.68. The van der Waals surface area contributed by atoms with E-state index >= 15 is 0 Å². The molecule has 5 heteroatoms. The van der Waals surface area contributed by atoms with Crippen LogP contribution in [0.1, 0.15) is 44.0 Å². The van der Waals surface area contributed by atoms with Crippen molar-refractivity contribution in [2.75, 3.05) is 6.61 Å². The number of aliphatic hydroxyl groups is 1. The summed E-state index contributed by atoms with van der Waals surface area (Å²) in [5, 5.41) is 21.8. The smallest absolute Gasteiger partial charge is 0.307 e. The molecule has 1 aliphatic rings. The number of aromatic nitrogens is 1. The van der Waals surface area contributed by atoms with E-state index in [9.17, 15) is 15.0 Å². The molecule has 1 aromatic heterocycles. The number of carboxylic acid groups (broad SMARTS) is 1. The van der Waals surface area contributed by atoms with Gasteiger partial charge in [0.2, 0.25) is 0 Å². The minimum atomic E-state index is -0.696. The van der Waals surface area contributed by atoms with Crippen molar-refractivity contribution in [1.29, 1.82) is 0 Å². The highest BCUT2D eigenvalue weighted by molar-refractivity contribution is 7.09. The third-order valence-electron chi connectivity index (χ3n) is 4.39. The Morgan fingerprint density at radius 2 is 2.32 bits per heavy atom. The molecule has 19 heavy (non-hydrogen) atoms. The number of thiazole rings is 1. The van der Waals surface area contributed by atoms with E-state index in [-0.39, 0.29) is 23.9 Å².